The Balaban J connectivity index is 2.90. The van der Waals surface area contributed by atoms with Crippen LogP contribution in [0.4, 0.5) is 13.2 Å². The summed E-state index contributed by atoms with van der Waals surface area (Å²) in [5.41, 5.74) is 0. The van der Waals surface area contributed by atoms with Gasteiger partial charge in [0.15, 0.2) is 5.75 Å². The number of ether oxygens (including phenoxy) is 1. The zero-order valence-electron chi connectivity index (χ0n) is 5.90. The number of pyridine rings is 1. The Bertz CT molecular complexity index is 315. The molecule has 0 atom stereocenters. The smallest absolute Gasteiger partial charge is 0.403 e. The molecule has 0 amide bonds. The summed E-state index contributed by atoms with van der Waals surface area (Å²) in [5, 5.41) is 0. The third-order valence-electron chi connectivity index (χ3n) is 1.01. The highest BCUT2D eigenvalue weighted by Crippen LogP contribution is 2.30. The van der Waals surface area contributed by atoms with Gasteiger partial charge in [-0.2, -0.15) is 0 Å². The van der Waals surface area contributed by atoms with Crippen LogP contribution in [-0.4, -0.2) is 11.3 Å². The summed E-state index contributed by atoms with van der Waals surface area (Å²) in [4.78, 5) is 3.59. The van der Waals surface area contributed by atoms with Gasteiger partial charge in [0.25, 0.3) is 0 Å². The van der Waals surface area contributed by atoms with Crippen molar-refractivity contribution in [2.75, 3.05) is 0 Å². The Kier molecular flexibility index (Phi) is 3.18. The van der Waals surface area contributed by atoms with E-state index in [2.05, 4.69) is 41.6 Å². The molecule has 1 aromatic rings. The molecule has 7 heteroatoms. The van der Waals surface area contributed by atoms with Crippen LogP contribution in [0.5, 0.6) is 5.75 Å². The van der Waals surface area contributed by atoms with E-state index in [0.29, 0.717) is 4.60 Å². The van der Waals surface area contributed by atoms with E-state index < -0.39 is 6.36 Å². The van der Waals surface area contributed by atoms with E-state index in [1.165, 1.54) is 6.07 Å². The van der Waals surface area contributed by atoms with Crippen molar-refractivity contribution < 1.29 is 17.9 Å². The predicted molar refractivity (Wildman–Crippen MR) is 46.3 cm³/mol. The van der Waals surface area contributed by atoms with Crippen LogP contribution in [0.2, 0.25) is 0 Å². The number of aromatic nitrogens is 1. The first kappa shape index (κ1) is 10.8. The summed E-state index contributed by atoms with van der Waals surface area (Å²) in [7, 11) is 0. The van der Waals surface area contributed by atoms with Crippen LogP contribution in [0, 0.1) is 0 Å². The molecule has 0 unspecified atom stereocenters. The van der Waals surface area contributed by atoms with Crippen molar-refractivity contribution in [3.05, 3.63) is 21.3 Å². The summed E-state index contributed by atoms with van der Waals surface area (Å²) in [5.74, 6) is -0.365. The average molecular weight is 321 g/mol. The molecule has 0 saturated heterocycles. The van der Waals surface area contributed by atoms with Gasteiger partial charge < -0.3 is 4.74 Å². The Labute approximate surface area is 88.4 Å². The van der Waals surface area contributed by atoms with Gasteiger partial charge in [-0.1, -0.05) is 0 Å². The molecule has 0 spiro atoms. The molecular formula is C6H2Br2F3NO. The zero-order valence-corrected chi connectivity index (χ0v) is 9.07. The fraction of sp³-hybridized carbons (Fsp3) is 0.167. The van der Waals surface area contributed by atoms with Crippen LogP contribution in [0.3, 0.4) is 0 Å². The Morgan fingerprint density at radius 3 is 2.38 bits per heavy atom. The fourth-order valence-corrected chi connectivity index (χ4v) is 1.63. The minimum Gasteiger partial charge on any atom is -0.403 e. The first-order chi connectivity index (χ1) is 5.88. The van der Waals surface area contributed by atoms with Gasteiger partial charge in [-0.15, -0.1) is 13.2 Å². The average Bonchev–Trinajstić information content (AvgIpc) is 1.93. The molecule has 0 aromatic carbocycles. The van der Waals surface area contributed by atoms with Crippen molar-refractivity contribution in [2.45, 2.75) is 6.36 Å². The Morgan fingerprint density at radius 2 is 1.92 bits per heavy atom. The molecule has 0 bridgehead atoms. The molecule has 0 aliphatic rings. The molecule has 1 rings (SSSR count). The quantitative estimate of drug-likeness (QED) is 0.739. The van der Waals surface area contributed by atoms with Crippen LogP contribution in [0.15, 0.2) is 21.3 Å². The largest absolute Gasteiger partial charge is 0.573 e. The first-order valence-corrected chi connectivity index (χ1v) is 4.54. The summed E-state index contributed by atoms with van der Waals surface area (Å²) in [6.07, 6.45) is -3.72. The highest BCUT2D eigenvalue weighted by atomic mass is 79.9. The summed E-state index contributed by atoms with van der Waals surface area (Å²) >= 11 is 5.90. The SMILES string of the molecule is FC(F)(F)Oc1cnc(Br)cc1Br. The third-order valence-corrected chi connectivity index (χ3v) is 2.07. The molecule has 0 N–H and O–H groups in total. The van der Waals surface area contributed by atoms with Crippen LogP contribution in [0.1, 0.15) is 0 Å². The van der Waals surface area contributed by atoms with Crippen LogP contribution >= 0.6 is 31.9 Å². The summed E-state index contributed by atoms with van der Waals surface area (Å²) in [6.45, 7) is 0. The first-order valence-electron chi connectivity index (χ1n) is 2.95. The normalized spacial score (nSPS) is 11.5. The number of rotatable bonds is 1. The molecule has 72 valence electrons. The third kappa shape index (κ3) is 3.51. The molecule has 0 radical (unpaired) electrons. The minimum absolute atomic E-state index is 0.187. The van der Waals surface area contributed by atoms with Crippen molar-refractivity contribution >= 4 is 31.9 Å². The molecule has 13 heavy (non-hydrogen) atoms. The van der Waals surface area contributed by atoms with Crippen LogP contribution in [-0.2, 0) is 0 Å². The molecule has 0 saturated carbocycles. The molecule has 1 aromatic heterocycles. The molecule has 0 fully saturated rings. The lowest BCUT2D eigenvalue weighted by Crippen LogP contribution is -2.17. The van der Waals surface area contributed by atoms with Crippen molar-refractivity contribution in [1.29, 1.82) is 0 Å². The Morgan fingerprint density at radius 1 is 1.31 bits per heavy atom. The lowest BCUT2D eigenvalue weighted by Gasteiger charge is -2.09. The second-order valence-electron chi connectivity index (χ2n) is 1.99. The van der Waals surface area contributed by atoms with Crippen LogP contribution in [0.25, 0.3) is 0 Å². The second-order valence-corrected chi connectivity index (χ2v) is 3.65. The molecule has 0 aliphatic heterocycles. The number of nitrogens with zero attached hydrogens (tertiary/aromatic N) is 1. The van der Waals surface area contributed by atoms with Gasteiger partial charge in [0, 0.05) is 0 Å². The lowest BCUT2D eigenvalue weighted by atomic mass is 10.5. The van der Waals surface area contributed by atoms with Crippen molar-refractivity contribution in [2.24, 2.45) is 0 Å². The maximum Gasteiger partial charge on any atom is 0.573 e. The second kappa shape index (κ2) is 3.83. The summed E-state index contributed by atoms with van der Waals surface area (Å²) in [6, 6.07) is 1.36. The van der Waals surface area contributed by atoms with E-state index >= 15 is 0 Å². The number of halogens is 5. The maximum atomic E-state index is 11.7. The van der Waals surface area contributed by atoms with Crippen molar-refractivity contribution in [1.82, 2.24) is 4.98 Å². The highest BCUT2D eigenvalue weighted by molar-refractivity contribution is 9.11. The van der Waals surface area contributed by atoms with Gasteiger partial charge in [0.05, 0.1) is 10.7 Å². The van der Waals surface area contributed by atoms with Gasteiger partial charge in [0.1, 0.15) is 4.60 Å². The predicted octanol–water partition coefficient (Wildman–Crippen LogP) is 3.51. The van der Waals surface area contributed by atoms with Gasteiger partial charge in [0.2, 0.25) is 0 Å². The van der Waals surface area contributed by atoms with E-state index in [1.807, 2.05) is 0 Å². The van der Waals surface area contributed by atoms with Gasteiger partial charge in [-0.05, 0) is 37.9 Å². The zero-order chi connectivity index (χ0) is 10.1. The summed E-state index contributed by atoms with van der Waals surface area (Å²) < 4.78 is 39.5. The molecule has 1 heterocycles. The maximum absolute atomic E-state index is 11.7. The van der Waals surface area contributed by atoms with E-state index in [4.69, 9.17) is 0 Å². The van der Waals surface area contributed by atoms with E-state index in [9.17, 15) is 13.2 Å². The Hall–Kier alpha value is -0.300. The number of alkyl halides is 3. The minimum atomic E-state index is -4.70. The highest BCUT2D eigenvalue weighted by Gasteiger charge is 2.32. The topological polar surface area (TPSA) is 22.1 Å². The van der Waals surface area contributed by atoms with Gasteiger partial charge in [-0.3, -0.25) is 0 Å². The monoisotopic (exact) mass is 319 g/mol. The van der Waals surface area contributed by atoms with Crippen LogP contribution < -0.4 is 4.74 Å². The van der Waals surface area contributed by atoms with Crippen molar-refractivity contribution in [3.63, 3.8) is 0 Å². The number of hydrogen-bond donors (Lipinski definition) is 0. The van der Waals surface area contributed by atoms with Gasteiger partial charge >= 0.3 is 6.36 Å². The molecule has 2 nitrogen and oxygen atoms in total. The number of hydrogen-bond acceptors (Lipinski definition) is 2. The van der Waals surface area contributed by atoms with E-state index in [-0.39, 0.29) is 10.2 Å². The standard InChI is InChI=1S/C6H2Br2F3NO/c7-3-1-5(8)12-2-4(3)13-6(9,10)11/h1-2H. The van der Waals surface area contributed by atoms with E-state index in [0.717, 1.165) is 6.20 Å². The van der Waals surface area contributed by atoms with Gasteiger partial charge in [-0.25, -0.2) is 4.98 Å². The van der Waals surface area contributed by atoms with E-state index in [1.54, 1.807) is 0 Å². The molecular weight excluding hydrogens is 319 g/mol. The molecule has 0 aliphatic carbocycles. The fourth-order valence-electron chi connectivity index (χ4n) is 0.595. The van der Waals surface area contributed by atoms with Crippen molar-refractivity contribution in [3.8, 4) is 5.75 Å². The lowest BCUT2D eigenvalue weighted by molar-refractivity contribution is -0.275.